The lowest BCUT2D eigenvalue weighted by Crippen LogP contribution is -2.42. The Morgan fingerprint density at radius 1 is 1.33 bits per heavy atom. The summed E-state index contributed by atoms with van der Waals surface area (Å²) < 4.78 is 5.27. The molecule has 2 aromatic rings. The van der Waals surface area contributed by atoms with Gasteiger partial charge in [0, 0.05) is 37.8 Å². The van der Waals surface area contributed by atoms with Crippen molar-refractivity contribution in [3.05, 3.63) is 39.6 Å². The number of aromatic nitrogens is 1. The van der Waals surface area contributed by atoms with Gasteiger partial charge in [0.1, 0.15) is 5.69 Å². The number of amides is 2. The van der Waals surface area contributed by atoms with Gasteiger partial charge in [-0.15, -0.1) is 0 Å². The van der Waals surface area contributed by atoms with Crippen LogP contribution in [0.3, 0.4) is 0 Å². The number of hydrogen-bond acceptors (Lipinski definition) is 4. The van der Waals surface area contributed by atoms with Crippen LogP contribution in [0.25, 0.3) is 10.9 Å². The molecule has 1 fully saturated rings. The van der Waals surface area contributed by atoms with Crippen LogP contribution in [0.1, 0.15) is 0 Å². The number of fused-ring (bicyclic) bond motifs is 1. The van der Waals surface area contributed by atoms with Gasteiger partial charge in [-0.3, -0.25) is 9.69 Å². The van der Waals surface area contributed by atoms with Gasteiger partial charge >= 0.3 is 6.03 Å². The number of benzene rings is 1. The lowest BCUT2D eigenvalue weighted by Gasteiger charge is -2.26. The molecular formula is C16H19ClN4O3. The number of rotatable bonds is 4. The van der Waals surface area contributed by atoms with E-state index in [0.717, 1.165) is 32.8 Å². The highest BCUT2D eigenvalue weighted by atomic mass is 35.5. The largest absolute Gasteiger partial charge is 0.379 e. The zero-order valence-corrected chi connectivity index (χ0v) is 13.9. The van der Waals surface area contributed by atoms with E-state index in [1.54, 1.807) is 18.2 Å². The summed E-state index contributed by atoms with van der Waals surface area (Å²) in [6.45, 7) is 4.44. The van der Waals surface area contributed by atoms with Gasteiger partial charge in [-0.25, -0.2) is 4.79 Å². The minimum absolute atomic E-state index is 0.189. The minimum Gasteiger partial charge on any atom is -0.379 e. The quantitative estimate of drug-likeness (QED) is 0.782. The Morgan fingerprint density at radius 2 is 2.12 bits per heavy atom. The van der Waals surface area contributed by atoms with E-state index in [2.05, 4.69) is 20.5 Å². The Balaban J connectivity index is 1.59. The summed E-state index contributed by atoms with van der Waals surface area (Å²) in [5.74, 6) is 0. The molecule has 24 heavy (non-hydrogen) atoms. The van der Waals surface area contributed by atoms with Crippen molar-refractivity contribution >= 4 is 34.2 Å². The zero-order valence-electron chi connectivity index (χ0n) is 13.1. The Hall–Kier alpha value is -2.09. The van der Waals surface area contributed by atoms with Crippen molar-refractivity contribution in [2.24, 2.45) is 0 Å². The van der Waals surface area contributed by atoms with Crippen LogP contribution in [-0.4, -0.2) is 55.3 Å². The molecule has 1 aliphatic rings. The number of carbonyl (C=O) groups is 1. The number of urea groups is 1. The van der Waals surface area contributed by atoms with E-state index in [1.807, 2.05) is 0 Å². The fraction of sp³-hybridized carbons (Fsp3) is 0.375. The average Bonchev–Trinajstić information content (AvgIpc) is 2.59. The first kappa shape index (κ1) is 16.8. The fourth-order valence-electron chi connectivity index (χ4n) is 2.63. The Bertz CT molecular complexity index is 786. The van der Waals surface area contributed by atoms with E-state index in [4.69, 9.17) is 16.3 Å². The summed E-state index contributed by atoms with van der Waals surface area (Å²) in [7, 11) is 0. The molecule has 0 bridgehead atoms. The number of H-pyrrole nitrogens is 1. The highest BCUT2D eigenvalue weighted by Crippen LogP contribution is 2.19. The molecule has 8 heteroatoms. The van der Waals surface area contributed by atoms with Gasteiger partial charge in [-0.2, -0.15) is 0 Å². The van der Waals surface area contributed by atoms with Crippen molar-refractivity contribution in [2.75, 3.05) is 44.7 Å². The van der Waals surface area contributed by atoms with Crippen molar-refractivity contribution in [2.45, 2.75) is 0 Å². The van der Waals surface area contributed by atoms with E-state index in [-0.39, 0.29) is 11.1 Å². The van der Waals surface area contributed by atoms with Crippen molar-refractivity contribution in [1.82, 2.24) is 15.2 Å². The monoisotopic (exact) mass is 350 g/mol. The molecular weight excluding hydrogens is 332 g/mol. The molecule has 0 saturated carbocycles. The van der Waals surface area contributed by atoms with Gasteiger partial charge in [-0.05, 0) is 12.1 Å². The first-order valence-corrected chi connectivity index (χ1v) is 8.18. The summed E-state index contributed by atoms with van der Waals surface area (Å²) in [6, 6.07) is 4.66. The van der Waals surface area contributed by atoms with Gasteiger partial charge in [0.25, 0.3) is 0 Å². The number of pyridine rings is 1. The predicted octanol–water partition coefficient (Wildman–Crippen LogP) is 1.64. The lowest BCUT2D eigenvalue weighted by molar-refractivity contribution is 0.0388. The van der Waals surface area contributed by atoms with Gasteiger partial charge in [-0.1, -0.05) is 17.7 Å². The van der Waals surface area contributed by atoms with E-state index in [9.17, 15) is 9.59 Å². The van der Waals surface area contributed by atoms with Crippen LogP contribution < -0.4 is 16.1 Å². The van der Waals surface area contributed by atoms with Crippen LogP contribution >= 0.6 is 11.6 Å². The third-order valence-electron chi connectivity index (χ3n) is 3.93. The van der Waals surface area contributed by atoms with E-state index < -0.39 is 6.03 Å². The molecule has 1 saturated heterocycles. The number of aromatic amines is 1. The van der Waals surface area contributed by atoms with Crippen LogP contribution in [0.4, 0.5) is 10.5 Å². The molecule has 2 amide bonds. The molecule has 0 atom stereocenters. The van der Waals surface area contributed by atoms with Crippen LogP contribution in [-0.2, 0) is 4.74 Å². The van der Waals surface area contributed by atoms with Crippen molar-refractivity contribution < 1.29 is 9.53 Å². The number of hydrogen-bond donors (Lipinski definition) is 3. The smallest absolute Gasteiger partial charge is 0.319 e. The molecule has 0 spiro atoms. The summed E-state index contributed by atoms with van der Waals surface area (Å²) in [4.78, 5) is 29.5. The summed E-state index contributed by atoms with van der Waals surface area (Å²) >= 11 is 6.05. The number of halogens is 1. The molecule has 2 heterocycles. The zero-order chi connectivity index (χ0) is 16.9. The summed E-state index contributed by atoms with van der Waals surface area (Å²) in [5.41, 5.74) is 0.477. The number of nitrogens with zero attached hydrogens (tertiary/aromatic N) is 1. The number of para-hydroxylation sites is 1. The normalized spacial score (nSPS) is 15.4. The molecule has 0 radical (unpaired) electrons. The number of nitrogens with one attached hydrogen (secondary N) is 3. The molecule has 7 nitrogen and oxygen atoms in total. The Labute approximate surface area is 143 Å². The Kier molecular flexibility index (Phi) is 5.34. The Morgan fingerprint density at radius 3 is 2.92 bits per heavy atom. The third kappa shape index (κ3) is 3.87. The van der Waals surface area contributed by atoms with E-state index in [0.29, 0.717) is 22.5 Å². The van der Waals surface area contributed by atoms with Gasteiger partial charge in [0.05, 0.1) is 23.8 Å². The highest BCUT2D eigenvalue weighted by molar-refractivity contribution is 6.35. The standard InChI is InChI=1S/C16H19ClN4O3/c17-12-3-1-2-11-14(12)19-10-13(15(11)22)20-16(23)18-4-5-21-6-8-24-9-7-21/h1-3,10H,4-9H2,(H,19,22)(H2,18,20,23). The van der Waals surface area contributed by atoms with Crippen LogP contribution in [0.15, 0.2) is 29.2 Å². The van der Waals surface area contributed by atoms with Crippen molar-refractivity contribution in [3.63, 3.8) is 0 Å². The molecule has 0 aliphatic carbocycles. The van der Waals surface area contributed by atoms with Crippen molar-refractivity contribution in [3.8, 4) is 0 Å². The maximum atomic E-state index is 12.4. The molecule has 1 aliphatic heterocycles. The summed E-state index contributed by atoms with van der Waals surface area (Å²) in [5, 5.41) is 6.24. The summed E-state index contributed by atoms with van der Waals surface area (Å²) in [6.07, 6.45) is 1.46. The molecule has 1 aromatic heterocycles. The average molecular weight is 351 g/mol. The molecule has 3 N–H and O–H groups in total. The number of morpholine rings is 1. The van der Waals surface area contributed by atoms with Gasteiger partial charge in [0.15, 0.2) is 0 Å². The second-order valence-electron chi connectivity index (χ2n) is 5.53. The predicted molar refractivity (Wildman–Crippen MR) is 93.9 cm³/mol. The topological polar surface area (TPSA) is 86.5 Å². The van der Waals surface area contributed by atoms with E-state index in [1.165, 1.54) is 6.20 Å². The van der Waals surface area contributed by atoms with Crippen LogP contribution in [0, 0.1) is 0 Å². The molecule has 3 rings (SSSR count). The van der Waals surface area contributed by atoms with Gasteiger partial charge < -0.3 is 20.4 Å². The van der Waals surface area contributed by atoms with Gasteiger partial charge in [0.2, 0.25) is 5.43 Å². The SMILES string of the molecule is O=C(NCCN1CCOCC1)Nc1c[nH]c2c(Cl)cccc2c1=O. The van der Waals surface area contributed by atoms with Crippen LogP contribution in [0.5, 0.6) is 0 Å². The second-order valence-corrected chi connectivity index (χ2v) is 5.94. The minimum atomic E-state index is -0.407. The maximum Gasteiger partial charge on any atom is 0.319 e. The number of carbonyl (C=O) groups excluding carboxylic acids is 1. The maximum absolute atomic E-state index is 12.4. The third-order valence-corrected chi connectivity index (χ3v) is 4.24. The highest BCUT2D eigenvalue weighted by Gasteiger charge is 2.12. The number of anilines is 1. The molecule has 1 aromatic carbocycles. The second kappa shape index (κ2) is 7.65. The van der Waals surface area contributed by atoms with Crippen molar-refractivity contribution in [1.29, 1.82) is 0 Å². The lowest BCUT2D eigenvalue weighted by atomic mass is 10.2. The molecule has 128 valence electrons. The van der Waals surface area contributed by atoms with Crippen LogP contribution in [0.2, 0.25) is 5.02 Å². The first-order valence-electron chi connectivity index (χ1n) is 7.80. The number of ether oxygens (including phenoxy) is 1. The van der Waals surface area contributed by atoms with E-state index >= 15 is 0 Å². The first-order chi connectivity index (χ1) is 11.6. The molecule has 0 unspecified atom stereocenters. The fourth-order valence-corrected chi connectivity index (χ4v) is 2.86.